The van der Waals surface area contributed by atoms with Crippen molar-refractivity contribution in [2.45, 2.75) is 6.10 Å². The first kappa shape index (κ1) is 13.0. The second-order valence-electron chi connectivity index (χ2n) is 4.47. The number of nitrogens with zero attached hydrogens (tertiary/aromatic N) is 1. The molecule has 1 fully saturated rings. The maximum Gasteiger partial charge on any atom is 0.146 e. The van der Waals surface area contributed by atoms with Gasteiger partial charge in [-0.15, -0.1) is 0 Å². The lowest BCUT2D eigenvalue weighted by molar-refractivity contribution is -0.0402. The first-order valence-electron chi connectivity index (χ1n) is 6.05. The van der Waals surface area contributed by atoms with Gasteiger partial charge in [0, 0.05) is 19.2 Å². The third-order valence-corrected chi connectivity index (χ3v) is 2.99. The Balaban J connectivity index is 1.92. The fourth-order valence-corrected chi connectivity index (χ4v) is 1.92. The highest BCUT2D eigenvalue weighted by molar-refractivity contribution is 5.55. The zero-order valence-corrected chi connectivity index (χ0v) is 10.9. The highest BCUT2D eigenvalue weighted by atomic mass is 16.5. The third kappa shape index (κ3) is 3.27. The molecule has 1 aromatic carbocycles. The van der Waals surface area contributed by atoms with Gasteiger partial charge in [0.2, 0.25) is 0 Å². The van der Waals surface area contributed by atoms with Crippen LogP contribution in [0, 0.1) is 0 Å². The van der Waals surface area contributed by atoms with Crippen molar-refractivity contribution in [2.75, 3.05) is 46.2 Å². The van der Waals surface area contributed by atoms with E-state index in [0.29, 0.717) is 18.0 Å². The minimum absolute atomic E-state index is 0.0920. The molecule has 100 valence electrons. The van der Waals surface area contributed by atoms with Crippen LogP contribution in [0.2, 0.25) is 0 Å². The molecule has 0 bridgehead atoms. The Morgan fingerprint density at radius 2 is 2.33 bits per heavy atom. The zero-order chi connectivity index (χ0) is 13.0. The fourth-order valence-electron chi connectivity index (χ4n) is 1.92. The number of likely N-dealkylation sites (N-methyl/N-ethyl adjacent to an activating group) is 1. The number of rotatable bonds is 4. The summed E-state index contributed by atoms with van der Waals surface area (Å²) >= 11 is 0. The average molecular weight is 252 g/mol. The lowest BCUT2D eigenvalue weighted by atomic mass is 10.2. The van der Waals surface area contributed by atoms with E-state index in [1.54, 1.807) is 19.2 Å². The molecule has 1 heterocycles. The lowest BCUT2D eigenvalue weighted by Crippen LogP contribution is -2.42. The van der Waals surface area contributed by atoms with E-state index < -0.39 is 0 Å². The summed E-state index contributed by atoms with van der Waals surface area (Å²) in [6, 6.07) is 5.39. The van der Waals surface area contributed by atoms with Gasteiger partial charge in [0.15, 0.2) is 0 Å². The van der Waals surface area contributed by atoms with E-state index in [2.05, 4.69) is 11.9 Å². The summed E-state index contributed by atoms with van der Waals surface area (Å²) in [7, 11) is 3.70. The van der Waals surface area contributed by atoms with Gasteiger partial charge in [-0.05, 0) is 19.2 Å². The van der Waals surface area contributed by atoms with Gasteiger partial charge in [-0.3, -0.25) is 0 Å². The number of nitrogens with two attached hydrogens (primary N) is 1. The summed E-state index contributed by atoms with van der Waals surface area (Å²) in [5.74, 6) is 1.38. The molecule has 5 heteroatoms. The van der Waals surface area contributed by atoms with E-state index >= 15 is 0 Å². The zero-order valence-electron chi connectivity index (χ0n) is 10.9. The molecular formula is C13H20N2O3. The van der Waals surface area contributed by atoms with E-state index in [1.165, 1.54) is 0 Å². The highest BCUT2D eigenvalue weighted by Crippen LogP contribution is 2.27. The van der Waals surface area contributed by atoms with Gasteiger partial charge >= 0.3 is 0 Å². The van der Waals surface area contributed by atoms with Crippen LogP contribution < -0.4 is 15.2 Å². The topological polar surface area (TPSA) is 57.0 Å². The van der Waals surface area contributed by atoms with Crippen molar-refractivity contribution >= 4 is 5.69 Å². The molecule has 2 N–H and O–H groups in total. The Labute approximate surface area is 107 Å². The Kier molecular flexibility index (Phi) is 4.28. The van der Waals surface area contributed by atoms with Crippen molar-refractivity contribution in [1.82, 2.24) is 4.90 Å². The number of ether oxygens (including phenoxy) is 3. The molecule has 1 unspecified atom stereocenters. The van der Waals surface area contributed by atoms with Crippen LogP contribution in [0.4, 0.5) is 5.69 Å². The monoisotopic (exact) mass is 252 g/mol. The van der Waals surface area contributed by atoms with Crippen LogP contribution in [0.15, 0.2) is 18.2 Å². The largest absolute Gasteiger partial charge is 0.497 e. The second-order valence-corrected chi connectivity index (χ2v) is 4.47. The number of morpholine rings is 1. The van der Waals surface area contributed by atoms with Crippen LogP contribution in [0.1, 0.15) is 0 Å². The summed E-state index contributed by atoms with van der Waals surface area (Å²) in [5.41, 5.74) is 6.47. The average Bonchev–Trinajstić information content (AvgIpc) is 2.38. The molecule has 5 nitrogen and oxygen atoms in total. The van der Waals surface area contributed by atoms with Crippen LogP contribution in [0.25, 0.3) is 0 Å². The van der Waals surface area contributed by atoms with E-state index in [1.807, 2.05) is 6.07 Å². The Morgan fingerprint density at radius 1 is 1.50 bits per heavy atom. The van der Waals surface area contributed by atoms with Gasteiger partial charge in [0.25, 0.3) is 0 Å². The second kappa shape index (κ2) is 5.93. The Hall–Kier alpha value is -1.46. The standard InChI is InChI=1S/C13H20N2O3/c1-15-5-6-17-11(8-15)9-18-13-7-10(16-2)3-4-12(13)14/h3-4,7,11H,5-6,8-9,14H2,1-2H3. The predicted octanol–water partition coefficient (Wildman–Crippen LogP) is 0.987. The van der Waals surface area contributed by atoms with Crippen molar-refractivity contribution in [3.8, 4) is 11.5 Å². The smallest absolute Gasteiger partial charge is 0.146 e. The Bertz CT molecular complexity index is 398. The van der Waals surface area contributed by atoms with Crippen LogP contribution in [0.3, 0.4) is 0 Å². The van der Waals surface area contributed by atoms with Crippen LogP contribution in [-0.2, 0) is 4.74 Å². The van der Waals surface area contributed by atoms with Crippen molar-refractivity contribution in [3.05, 3.63) is 18.2 Å². The number of nitrogen functional groups attached to an aromatic ring is 1. The minimum atomic E-state index is 0.0920. The number of hydrogen-bond acceptors (Lipinski definition) is 5. The molecule has 1 saturated heterocycles. The maximum atomic E-state index is 5.86. The number of anilines is 1. The van der Waals surface area contributed by atoms with E-state index in [9.17, 15) is 0 Å². The molecule has 2 rings (SSSR count). The number of methoxy groups -OCH3 is 1. The maximum absolute atomic E-state index is 5.86. The van der Waals surface area contributed by atoms with Gasteiger partial charge in [-0.25, -0.2) is 0 Å². The molecule has 0 saturated carbocycles. The molecule has 18 heavy (non-hydrogen) atoms. The molecule has 1 aromatic rings. The molecule has 1 aliphatic rings. The number of benzene rings is 1. The number of hydrogen-bond donors (Lipinski definition) is 1. The molecule has 0 aromatic heterocycles. The summed E-state index contributed by atoms with van der Waals surface area (Å²) in [6.45, 7) is 3.10. The summed E-state index contributed by atoms with van der Waals surface area (Å²) in [5, 5.41) is 0. The van der Waals surface area contributed by atoms with Crippen molar-refractivity contribution in [2.24, 2.45) is 0 Å². The molecule has 0 spiro atoms. The molecular weight excluding hydrogens is 232 g/mol. The van der Waals surface area contributed by atoms with Crippen molar-refractivity contribution in [1.29, 1.82) is 0 Å². The van der Waals surface area contributed by atoms with E-state index in [-0.39, 0.29) is 6.10 Å². The molecule has 1 atom stereocenters. The highest BCUT2D eigenvalue weighted by Gasteiger charge is 2.18. The van der Waals surface area contributed by atoms with Gasteiger partial charge < -0.3 is 24.8 Å². The SMILES string of the molecule is COc1ccc(N)c(OCC2CN(C)CCO2)c1. The fraction of sp³-hybridized carbons (Fsp3) is 0.538. The Morgan fingerprint density at radius 3 is 3.06 bits per heavy atom. The molecule has 0 aliphatic carbocycles. The predicted molar refractivity (Wildman–Crippen MR) is 70.1 cm³/mol. The molecule has 0 radical (unpaired) electrons. The lowest BCUT2D eigenvalue weighted by Gasteiger charge is -2.29. The first-order chi connectivity index (χ1) is 8.69. The van der Waals surface area contributed by atoms with Crippen LogP contribution >= 0.6 is 0 Å². The van der Waals surface area contributed by atoms with Crippen molar-refractivity contribution < 1.29 is 14.2 Å². The summed E-state index contributed by atoms with van der Waals surface area (Å²) < 4.78 is 16.5. The normalized spacial score (nSPS) is 20.7. The summed E-state index contributed by atoms with van der Waals surface area (Å²) in [4.78, 5) is 2.23. The molecule has 0 amide bonds. The van der Waals surface area contributed by atoms with Crippen LogP contribution in [0.5, 0.6) is 11.5 Å². The van der Waals surface area contributed by atoms with Gasteiger partial charge in [0.05, 0.1) is 19.4 Å². The minimum Gasteiger partial charge on any atom is -0.497 e. The van der Waals surface area contributed by atoms with E-state index in [0.717, 1.165) is 25.4 Å². The van der Waals surface area contributed by atoms with Crippen molar-refractivity contribution in [3.63, 3.8) is 0 Å². The van der Waals surface area contributed by atoms with E-state index in [4.69, 9.17) is 19.9 Å². The van der Waals surface area contributed by atoms with Gasteiger partial charge in [-0.1, -0.05) is 0 Å². The summed E-state index contributed by atoms with van der Waals surface area (Å²) in [6.07, 6.45) is 0.0920. The quantitative estimate of drug-likeness (QED) is 0.810. The van der Waals surface area contributed by atoms with Crippen LogP contribution in [-0.4, -0.2) is 51.5 Å². The first-order valence-corrected chi connectivity index (χ1v) is 6.05. The van der Waals surface area contributed by atoms with Gasteiger partial charge in [-0.2, -0.15) is 0 Å². The third-order valence-electron chi connectivity index (χ3n) is 2.99. The van der Waals surface area contributed by atoms with Gasteiger partial charge in [0.1, 0.15) is 24.2 Å². The molecule has 1 aliphatic heterocycles.